The van der Waals surface area contributed by atoms with Crippen LogP contribution in [0, 0.1) is 0 Å². The molecule has 0 saturated carbocycles. The molecule has 6 aromatic rings. The number of aliphatic hydroxyl groups excluding tert-OH is 1. The molecule has 0 aliphatic carbocycles. The number of fused-ring (bicyclic) bond motifs is 2. The second-order valence-electron chi connectivity index (χ2n) is 18.8. The normalized spacial score (nSPS) is 17.7. The van der Waals surface area contributed by atoms with E-state index in [2.05, 4.69) is 77.1 Å². The number of nitrogens with zero attached hydrogens (tertiary/aromatic N) is 4. The molecule has 4 atom stereocenters. The lowest BCUT2D eigenvalue weighted by molar-refractivity contribution is 0.0434. The third kappa shape index (κ3) is 13.5. The van der Waals surface area contributed by atoms with Crippen molar-refractivity contribution in [1.29, 1.82) is 0 Å². The Hall–Kier alpha value is -5.62. The van der Waals surface area contributed by atoms with E-state index in [0.29, 0.717) is 31.7 Å². The van der Waals surface area contributed by atoms with Gasteiger partial charge in [0.2, 0.25) is 0 Å². The van der Waals surface area contributed by atoms with Gasteiger partial charge in [0.25, 0.3) is 11.8 Å². The van der Waals surface area contributed by atoms with E-state index in [9.17, 15) is 9.59 Å². The fourth-order valence-electron chi connectivity index (χ4n) is 9.98. The van der Waals surface area contributed by atoms with E-state index in [0.717, 1.165) is 140 Å². The van der Waals surface area contributed by atoms with Gasteiger partial charge in [0.15, 0.2) is 0 Å². The van der Waals surface area contributed by atoms with Crippen molar-refractivity contribution in [2.75, 3.05) is 59.0 Å². The largest absolute Gasteiger partial charge is 0.489 e. The van der Waals surface area contributed by atoms with E-state index >= 15 is 0 Å². The van der Waals surface area contributed by atoms with Crippen molar-refractivity contribution in [3.05, 3.63) is 162 Å². The molecule has 0 spiro atoms. The molecular weight excluding hydrogens is 845 g/mol. The number of hydrogen-bond donors (Lipinski definition) is 3. The topological polar surface area (TPSA) is 129 Å². The van der Waals surface area contributed by atoms with Crippen LogP contribution in [0.5, 0.6) is 5.75 Å². The summed E-state index contributed by atoms with van der Waals surface area (Å²) >= 11 is 0. The minimum atomic E-state index is -0.0223. The summed E-state index contributed by atoms with van der Waals surface area (Å²) in [7, 11) is 0. The van der Waals surface area contributed by atoms with Crippen molar-refractivity contribution in [2.24, 2.45) is 11.5 Å². The number of benzene rings is 6. The molecule has 2 fully saturated rings. The summed E-state index contributed by atoms with van der Waals surface area (Å²) in [5, 5.41) is 13.4. The zero-order chi connectivity index (χ0) is 47.7. The molecule has 0 aromatic heterocycles. The standard InChI is InChI=1S/C35H41N3O2.C23H33N3O2/c1-2-3-17-31-25-38(35(39)33-19-11-16-28-14-7-9-18-32(28)33)22-21-37(31)24-30(36)23-29-15-8-10-20-34(29)40-26-27-12-5-4-6-13-27;1-2-3-9-20-17-26(14-13-25(20)16-19(24)12-15-27)23(28)22-11-6-8-18-7-4-5-10-21(18)22/h4-16,18-20,30-31H,2-3,17,21-26,36H2,1H3;4-8,10-11,19-20,27H,2-3,9,12-17,24H2,1H3/t30?,31-;19-,20+/m01/s1. The lowest BCUT2D eigenvalue weighted by Crippen LogP contribution is -2.57. The molecule has 360 valence electrons. The molecule has 2 aliphatic heterocycles. The molecule has 0 radical (unpaired) electrons. The number of hydrogen-bond acceptors (Lipinski definition) is 8. The first-order valence-electron chi connectivity index (χ1n) is 25.1. The number of para-hydroxylation sites is 1. The first kappa shape index (κ1) is 50.3. The number of ether oxygens (including phenoxy) is 1. The molecule has 2 aliphatic rings. The highest BCUT2D eigenvalue weighted by Crippen LogP contribution is 2.26. The summed E-state index contributed by atoms with van der Waals surface area (Å²) in [6.45, 7) is 11.3. The van der Waals surface area contributed by atoms with Crippen LogP contribution in [0.25, 0.3) is 21.5 Å². The zero-order valence-electron chi connectivity index (χ0n) is 40.4. The number of piperazine rings is 2. The summed E-state index contributed by atoms with van der Waals surface area (Å²) in [6, 6.07) is 47.3. The highest BCUT2D eigenvalue weighted by Gasteiger charge is 2.32. The molecule has 68 heavy (non-hydrogen) atoms. The minimum Gasteiger partial charge on any atom is -0.489 e. The van der Waals surface area contributed by atoms with Crippen LogP contribution in [0.1, 0.15) is 90.6 Å². The van der Waals surface area contributed by atoms with Gasteiger partial charge in [-0.2, -0.15) is 0 Å². The second-order valence-corrected chi connectivity index (χ2v) is 18.8. The van der Waals surface area contributed by atoms with E-state index in [1.165, 1.54) is 0 Å². The van der Waals surface area contributed by atoms with Gasteiger partial charge in [0.05, 0.1) is 0 Å². The number of amides is 2. The van der Waals surface area contributed by atoms with Crippen LogP contribution in [0.4, 0.5) is 0 Å². The summed E-state index contributed by atoms with van der Waals surface area (Å²) in [4.78, 5) is 36.0. The van der Waals surface area contributed by atoms with Crippen molar-refractivity contribution in [3.8, 4) is 5.75 Å². The molecule has 6 aromatic carbocycles. The van der Waals surface area contributed by atoms with Gasteiger partial charge in [-0.1, -0.05) is 161 Å². The number of rotatable bonds is 19. The lowest BCUT2D eigenvalue weighted by atomic mass is 9.99. The summed E-state index contributed by atoms with van der Waals surface area (Å²) in [6.07, 6.45) is 8.08. The van der Waals surface area contributed by atoms with Crippen LogP contribution < -0.4 is 16.2 Å². The fourth-order valence-corrected chi connectivity index (χ4v) is 9.98. The number of carbonyl (C=O) groups is 2. The maximum absolute atomic E-state index is 13.7. The Labute approximate surface area is 404 Å². The van der Waals surface area contributed by atoms with Gasteiger partial charge >= 0.3 is 0 Å². The molecule has 10 heteroatoms. The van der Waals surface area contributed by atoms with E-state index in [4.69, 9.17) is 21.3 Å². The molecule has 8 rings (SSSR count). The summed E-state index contributed by atoms with van der Waals surface area (Å²) < 4.78 is 6.19. The van der Waals surface area contributed by atoms with Gasteiger partial charge in [0, 0.05) is 94.3 Å². The first-order valence-corrected chi connectivity index (χ1v) is 25.1. The van der Waals surface area contributed by atoms with Crippen molar-refractivity contribution in [3.63, 3.8) is 0 Å². The fraction of sp³-hybridized carbons (Fsp3) is 0.414. The SMILES string of the molecule is CCCC[C@H]1CN(C(=O)c2cccc3ccccc23)CCN1CC(N)Cc1ccccc1OCc1ccccc1.CCCC[C@H]1CN(C(=O)c2cccc3ccccc23)CCN1C[C@H](N)CCO. The molecule has 2 amide bonds. The van der Waals surface area contributed by atoms with Crippen molar-refractivity contribution in [1.82, 2.24) is 19.6 Å². The van der Waals surface area contributed by atoms with Crippen LogP contribution in [-0.4, -0.2) is 120 Å². The summed E-state index contributed by atoms with van der Waals surface area (Å²) in [5.74, 6) is 1.15. The summed E-state index contributed by atoms with van der Waals surface area (Å²) in [5.41, 5.74) is 16.8. The van der Waals surface area contributed by atoms with Crippen LogP contribution in [-0.2, 0) is 13.0 Å². The Balaban J connectivity index is 0.000000215. The van der Waals surface area contributed by atoms with Gasteiger partial charge in [-0.3, -0.25) is 19.4 Å². The smallest absolute Gasteiger partial charge is 0.254 e. The zero-order valence-corrected chi connectivity index (χ0v) is 40.4. The molecule has 2 saturated heterocycles. The van der Waals surface area contributed by atoms with Gasteiger partial charge in [-0.05, 0) is 76.6 Å². The van der Waals surface area contributed by atoms with E-state index in [1.807, 2.05) is 95.9 Å². The number of unbranched alkanes of at least 4 members (excludes halogenated alkanes) is 2. The predicted molar refractivity (Wildman–Crippen MR) is 278 cm³/mol. The van der Waals surface area contributed by atoms with Crippen LogP contribution in [0.3, 0.4) is 0 Å². The quantitative estimate of drug-likeness (QED) is 0.0735. The molecule has 10 nitrogen and oxygen atoms in total. The first-order chi connectivity index (χ1) is 33.3. The molecule has 2 heterocycles. The Morgan fingerprint density at radius 3 is 1.63 bits per heavy atom. The average molecular weight is 919 g/mol. The van der Waals surface area contributed by atoms with Crippen LogP contribution >= 0.6 is 0 Å². The van der Waals surface area contributed by atoms with Crippen LogP contribution in [0.15, 0.2) is 140 Å². The minimum absolute atomic E-state index is 0.0190. The van der Waals surface area contributed by atoms with Gasteiger partial charge in [0.1, 0.15) is 12.4 Å². The van der Waals surface area contributed by atoms with E-state index in [-0.39, 0.29) is 30.5 Å². The van der Waals surface area contributed by atoms with Crippen molar-refractivity contribution < 1.29 is 19.4 Å². The predicted octanol–water partition coefficient (Wildman–Crippen LogP) is 9.17. The monoisotopic (exact) mass is 919 g/mol. The molecular formula is C58H74N6O4. The number of carbonyl (C=O) groups excluding carboxylic acids is 2. The maximum atomic E-state index is 13.7. The Morgan fingerprint density at radius 1 is 0.603 bits per heavy atom. The van der Waals surface area contributed by atoms with Gasteiger partial charge in [-0.15, -0.1) is 0 Å². The maximum Gasteiger partial charge on any atom is 0.254 e. The Morgan fingerprint density at radius 2 is 1.09 bits per heavy atom. The third-order valence-electron chi connectivity index (χ3n) is 13.7. The molecule has 1 unspecified atom stereocenters. The Bertz CT molecular complexity index is 2490. The van der Waals surface area contributed by atoms with E-state index in [1.54, 1.807) is 0 Å². The second kappa shape index (κ2) is 25.7. The van der Waals surface area contributed by atoms with Crippen molar-refractivity contribution in [2.45, 2.75) is 96.0 Å². The van der Waals surface area contributed by atoms with Crippen molar-refractivity contribution >= 4 is 33.4 Å². The average Bonchev–Trinajstić information content (AvgIpc) is 3.37. The highest BCUT2D eigenvalue weighted by molar-refractivity contribution is 6.08. The number of nitrogens with two attached hydrogens (primary N) is 2. The van der Waals surface area contributed by atoms with Gasteiger partial charge in [-0.25, -0.2) is 0 Å². The Kier molecular flexibility index (Phi) is 19.0. The molecule has 5 N–H and O–H groups in total. The lowest BCUT2D eigenvalue weighted by Gasteiger charge is -2.42. The third-order valence-corrected chi connectivity index (χ3v) is 13.7. The number of aliphatic hydroxyl groups is 1. The molecule has 0 bridgehead atoms. The highest BCUT2D eigenvalue weighted by atomic mass is 16.5. The van der Waals surface area contributed by atoms with E-state index < -0.39 is 0 Å². The van der Waals surface area contributed by atoms with Crippen LogP contribution in [0.2, 0.25) is 0 Å². The van der Waals surface area contributed by atoms with Gasteiger partial charge < -0.3 is 31.1 Å².